The van der Waals surface area contributed by atoms with Gasteiger partial charge in [-0.3, -0.25) is 9.48 Å². The van der Waals surface area contributed by atoms with E-state index >= 15 is 0 Å². The number of benzene rings is 1. The molecule has 3 rings (SSSR count). The van der Waals surface area contributed by atoms with Gasteiger partial charge in [0.25, 0.3) is 0 Å². The number of methoxy groups -OCH3 is 1. The first-order valence-corrected chi connectivity index (χ1v) is 7.75. The summed E-state index contributed by atoms with van der Waals surface area (Å²) in [7, 11) is 1.67. The molecule has 1 aromatic carbocycles. The first-order chi connectivity index (χ1) is 11.3. The van der Waals surface area contributed by atoms with Crippen LogP contribution in [0.5, 0.6) is 5.75 Å². The third-order valence-corrected chi connectivity index (χ3v) is 4.09. The van der Waals surface area contributed by atoms with Crippen molar-refractivity contribution in [1.82, 2.24) is 19.7 Å². The van der Waals surface area contributed by atoms with Gasteiger partial charge >= 0.3 is 0 Å². The number of aryl methyl sites for hydroxylation is 1. The molecular weight excluding hydrogens is 294 g/mol. The molecule has 0 atom stereocenters. The van der Waals surface area contributed by atoms with Gasteiger partial charge < -0.3 is 14.5 Å². The Labute approximate surface area is 135 Å². The number of anilines is 1. The minimum atomic E-state index is 0.176. The molecule has 0 spiro atoms. The van der Waals surface area contributed by atoms with Gasteiger partial charge in [-0.1, -0.05) is 0 Å². The summed E-state index contributed by atoms with van der Waals surface area (Å²) in [5.74, 6) is 1.03. The summed E-state index contributed by atoms with van der Waals surface area (Å²) in [6.07, 6.45) is 3.58. The van der Waals surface area contributed by atoms with E-state index in [1.54, 1.807) is 18.1 Å². The highest BCUT2D eigenvalue weighted by atomic mass is 16.5. The highest BCUT2D eigenvalue weighted by Crippen LogP contribution is 2.20. The highest BCUT2D eigenvalue weighted by Gasteiger charge is 2.21. The lowest BCUT2D eigenvalue weighted by molar-refractivity contribution is -0.131. The van der Waals surface area contributed by atoms with Crippen LogP contribution in [0.1, 0.15) is 6.42 Å². The van der Waals surface area contributed by atoms with Gasteiger partial charge in [0.05, 0.1) is 13.7 Å². The summed E-state index contributed by atoms with van der Waals surface area (Å²) in [5.41, 5.74) is 1.17. The van der Waals surface area contributed by atoms with Crippen molar-refractivity contribution in [3.05, 3.63) is 36.9 Å². The Hall–Kier alpha value is -2.57. The Morgan fingerprint density at radius 2 is 1.91 bits per heavy atom. The number of aromatic nitrogens is 3. The van der Waals surface area contributed by atoms with Crippen molar-refractivity contribution in [2.75, 3.05) is 38.2 Å². The second kappa shape index (κ2) is 7.13. The molecule has 1 saturated heterocycles. The van der Waals surface area contributed by atoms with E-state index in [1.165, 1.54) is 12.0 Å². The molecule has 0 aliphatic carbocycles. The van der Waals surface area contributed by atoms with Crippen LogP contribution in [0, 0.1) is 0 Å². The summed E-state index contributed by atoms with van der Waals surface area (Å²) < 4.78 is 6.87. The van der Waals surface area contributed by atoms with E-state index in [1.807, 2.05) is 17.0 Å². The molecule has 1 amide bonds. The Morgan fingerprint density at radius 1 is 1.17 bits per heavy atom. The van der Waals surface area contributed by atoms with E-state index in [0.29, 0.717) is 13.0 Å². The molecule has 2 aromatic rings. The fraction of sp³-hybridized carbons (Fsp3) is 0.438. The molecule has 7 nitrogen and oxygen atoms in total. The number of carbonyl (C=O) groups is 1. The fourth-order valence-corrected chi connectivity index (χ4v) is 2.72. The normalized spacial score (nSPS) is 14.8. The number of carbonyl (C=O) groups excluding carboxylic acids is 1. The van der Waals surface area contributed by atoms with Crippen LogP contribution in [0.25, 0.3) is 0 Å². The van der Waals surface area contributed by atoms with Crippen molar-refractivity contribution >= 4 is 11.6 Å². The van der Waals surface area contributed by atoms with E-state index in [4.69, 9.17) is 4.74 Å². The standard InChI is InChI=1S/C16H21N5O2/c1-23-15-4-2-14(3-5-15)19-8-10-20(11-9-19)16(22)6-7-21-13-17-12-18-21/h2-5,12-13H,6-11H2,1H3. The van der Waals surface area contributed by atoms with Crippen LogP contribution in [-0.4, -0.2) is 58.9 Å². The number of nitrogens with zero attached hydrogens (tertiary/aromatic N) is 5. The maximum absolute atomic E-state index is 12.2. The lowest BCUT2D eigenvalue weighted by Crippen LogP contribution is -2.48. The van der Waals surface area contributed by atoms with E-state index in [0.717, 1.165) is 31.9 Å². The molecule has 1 aromatic heterocycles. The molecule has 1 fully saturated rings. The summed E-state index contributed by atoms with van der Waals surface area (Å²) in [5, 5.41) is 4.02. The first kappa shape index (κ1) is 15.3. The number of piperazine rings is 1. The number of ether oxygens (including phenoxy) is 1. The Kier molecular flexibility index (Phi) is 4.75. The minimum absolute atomic E-state index is 0.176. The molecule has 0 N–H and O–H groups in total. The summed E-state index contributed by atoms with van der Waals surface area (Å²) >= 11 is 0. The van der Waals surface area contributed by atoms with Gasteiger partial charge in [0.2, 0.25) is 5.91 Å². The molecule has 0 unspecified atom stereocenters. The third-order valence-electron chi connectivity index (χ3n) is 4.09. The maximum Gasteiger partial charge on any atom is 0.224 e. The van der Waals surface area contributed by atoms with E-state index in [-0.39, 0.29) is 5.91 Å². The molecule has 23 heavy (non-hydrogen) atoms. The summed E-state index contributed by atoms with van der Waals surface area (Å²) in [4.78, 5) is 20.3. The van der Waals surface area contributed by atoms with Gasteiger partial charge in [0, 0.05) is 38.3 Å². The number of rotatable bonds is 5. The van der Waals surface area contributed by atoms with Crippen molar-refractivity contribution in [2.24, 2.45) is 0 Å². The van der Waals surface area contributed by atoms with Gasteiger partial charge in [0.1, 0.15) is 18.4 Å². The first-order valence-electron chi connectivity index (χ1n) is 7.75. The van der Waals surface area contributed by atoms with Crippen LogP contribution in [0.3, 0.4) is 0 Å². The van der Waals surface area contributed by atoms with Crippen LogP contribution in [0.15, 0.2) is 36.9 Å². The molecule has 7 heteroatoms. The van der Waals surface area contributed by atoms with Crippen molar-refractivity contribution in [3.8, 4) is 5.75 Å². The van der Waals surface area contributed by atoms with Crippen molar-refractivity contribution in [3.63, 3.8) is 0 Å². The maximum atomic E-state index is 12.2. The second-order valence-corrected chi connectivity index (χ2v) is 5.47. The largest absolute Gasteiger partial charge is 0.497 e. The number of hydrogen-bond acceptors (Lipinski definition) is 5. The molecule has 0 bridgehead atoms. The van der Waals surface area contributed by atoms with Gasteiger partial charge in [-0.15, -0.1) is 0 Å². The molecule has 2 heterocycles. The smallest absolute Gasteiger partial charge is 0.224 e. The zero-order valence-corrected chi connectivity index (χ0v) is 13.3. The fourth-order valence-electron chi connectivity index (χ4n) is 2.72. The monoisotopic (exact) mass is 315 g/mol. The molecule has 0 radical (unpaired) electrons. The Morgan fingerprint density at radius 3 is 2.52 bits per heavy atom. The SMILES string of the molecule is COc1ccc(N2CCN(C(=O)CCn3cncn3)CC2)cc1. The van der Waals surface area contributed by atoms with E-state index in [2.05, 4.69) is 27.1 Å². The Bertz CT molecular complexity index is 618. The average Bonchev–Trinajstić information content (AvgIpc) is 3.13. The van der Waals surface area contributed by atoms with Crippen LogP contribution < -0.4 is 9.64 Å². The van der Waals surface area contributed by atoms with Crippen molar-refractivity contribution in [2.45, 2.75) is 13.0 Å². The zero-order chi connectivity index (χ0) is 16.1. The van der Waals surface area contributed by atoms with Gasteiger partial charge in [-0.05, 0) is 24.3 Å². The van der Waals surface area contributed by atoms with E-state index < -0.39 is 0 Å². The highest BCUT2D eigenvalue weighted by molar-refractivity contribution is 5.76. The van der Waals surface area contributed by atoms with Gasteiger partial charge in [-0.25, -0.2) is 4.98 Å². The van der Waals surface area contributed by atoms with Crippen molar-refractivity contribution < 1.29 is 9.53 Å². The van der Waals surface area contributed by atoms with Crippen molar-refractivity contribution in [1.29, 1.82) is 0 Å². The average molecular weight is 315 g/mol. The quantitative estimate of drug-likeness (QED) is 0.824. The van der Waals surface area contributed by atoms with Gasteiger partial charge in [-0.2, -0.15) is 5.10 Å². The molecule has 1 aliphatic rings. The topological polar surface area (TPSA) is 63.5 Å². The van der Waals surface area contributed by atoms with E-state index in [9.17, 15) is 4.79 Å². The molecule has 122 valence electrons. The minimum Gasteiger partial charge on any atom is -0.497 e. The second-order valence-electron chi connectivity index (χ2n) is 5.47. The van der Waals surface area contributed by atoms with Crippen LogP contribution in [-0.2, 0) is 11.3 Å². The number of amides is 1. The zero-order valence-electron chi connectivity index (χ0n) is 13.3. The third kappa shape index (κ3) is 3.80. The van der Waals surface area contributed by atoms with Crippen LogP contribution in [0.2, 0.25) is 0 Å². The lowest BCUT2D eigenvalue weighted by Gasteiger charge is -2.36. The van der Waals surface area contributed by atoms with Crippen LogP contribution >= 0.6 is 0 Å². The Balaban J connectivity index is 1.48. The van der Waals surface area contributed by atoms with Gasteiger partial charge in [0.15, 0.2) is 0 Å². The molecule has 1 aliphatic heterocycles. The lowest BCUT2D eigenvalue weighted by atomic mass is 10.2. The predicted octanol–water partition coefficient (Wildman–Crippen LogP) is 1.03. The summed E-state index contributed by atoms with van der Waals surface area (Å²) in [6.45, 7) is 3.78. The molecular formula is C16H21N5O2. The number of hydrogen-bond donors (Lipinski definition) is 0. The molecule has 0 saturated carbocycles. The van der Waals surface area contributed by atoms with Crippen LogP contribution in [0.4, 0.5) is 5.69 Å². The summed E-state index contributed by atoms with van der Waals surface area (Å²) in [6, 6.07) is 8.04. The predicted molar refractivity (Wildman–Crippen MR) is 86.4 cm³/mol.